The summed E-state index contributed by atoms with van der Waals surface area (Å²) in [7, 11) is 1.94. The molecule has 1 saturated heterocycles. The summed E-state index contributed by atoms with van der Waals surface area (Å²) in [5.74, 6) is 0.803. The lowest BCUT2D eigenvalue weighted by atomic mass is 10.1. The molecule has 0 saturated carbocycles. The molecular formula is C17H16Cl2N4OS. The van der Waals surface area contributed by atoms with Gasteiger partial charge in [0, 0.05) is 54.2 Å². The number of amides is 1. The van der Waals surface area contributed by atoms with E-state index in [4.69, 9.17) is 23.2 Å². The van der Waals surface area contributed by atoms with E-state index < -0.39 is 0 Å². The topological polar surface area (TPSA) is 50.2 Å². The minimum atomic E-state index is -0.119. The average Bonchev–Trinajstić information content (AvgIpc) is 3.17. The molecule has 5 nitrogen and oxygen atoms in total. The lowest BCUT2D eigenvalue weighted by Gasteiger charge is -2.35. The number of piperazine rings is 1. The number of fused-ring (bicyclic) bond motifs is 1. The van der Waals surface area contributed by atoms with Crippen LogP contribution < -0.4 is 5.32 Å². The molecule has 0 spiro atoms. The number of benzene rings is 1. The van der Waals surface area contributed by atoms with E-state index >= 15 is 0 Å². The quantitative estimate of drug-likeness (QED) is 0.720. The first-order valence-electron chi connectivity index (χ1n) is 7.92. The molecule has 1 N–H and O–H groups in total. The fourth-order valence-corrected chi connectivity index (χ4v) is 4.93. The Bertz CT molecular complexity index is 951. The first-order valence-corrected chi connectivity index (χ1v) is 9.50. The molecule has 8 heteroatoms. The number of aryl methyl sites for hydroxylation is 1. The Morgan fingerprint density at radius 1 is 1.40 bits per heavy atom. The number of carbonyl (C=O) groups excluding carboxylic acids is 1. The van der Waals surface area contributed by atoms with Gasteiger partial charge in [-0.05, 0) is 12.1 Å². The molecule has 1 aliphatic heterocycles. The van der Waals surface area contributed by atoms with Gasteiger partial charge in [-0.15, -0.1) is 11.3 Å². The summed E-state index contributed by atoms with van der Waals surface area (Å²) in [5.41, 5.74) is 0. The predicted molar refractivity (Wildman–Crippen MR) is 102 cm³/mol. The molecule has 3 aromatic rings. The van der Waals surface area contributed by atoms with Gasteiger partial charge in [-0.1, -0.05) is 29.3 Å². The van der Waals surface area contributed by atoms with E-state index in [2.05, 4.69) is 10.3 Å². The van der Waals surface area contributed by atoms with E-state index in [0.717, 1.165) is 22.5 Å². The second-order valence-corrected chi connectivity index (χ2v) is 7.87. The Morgan fingerprint density at radius 2 is 2.24 bits per heavy atom. The van der Waals surface area contributed by atoms with Crippen LogP contribution in [0.1, 0.15) is 21.5 Å². The zero-order valence-electron chi connectivity index (χ0n) is 13.5. The van der Waals surface area contributed by atoms with Gasteiger partial charge in [-0.2, -0.15) is 0 Å². The summed E-state index contributed by atoms with van der Waals surface area (Å²) in [6.45, 7) is 2.04. The van der Waals surface area contributed by atoms with Crippen molar-refractivity contribution in [2.24, 2.45) is 7.05 Å². The molecule has 1 aliphatic rings. The summed E-state index contributed by atoms with van der Waals surface area (Å²) in [6.07, 6.45) is 3.64. The normalized spacial score (nSPS) is 18.0. The highest BCUT2D eigenvalue weighted by Crippen LogP contribution is 2.38. The third kappa shape index (κ3) is 2.93. The minimum absolute atomic E-state index is 0.0585. The molecule has 130 valence electrons. The van der Waals surface area contributed by atoms with Crippen molar-refractivity contribution < 1.29 is 4.79 Å². The van der Waals surface area contributed by atoms with E-state index in [1.807, 2.05) is 34.8 Å². The average molecular weight is 395 g/mol. The Kier molecular flexibility index (Phi) is 4.45. The molecule has 3 heterocycles. The Hall–Kier alpha value is -1.60. The van der Waals surface area contributed by atoms with Gasteiger partial charge in [0.2, 0.25) is 0 Å². The van der Waals surface area contributed by atoms with E-state index in [1.165, 1.54) is 11.3 Å². The van der Waals surface area contributed by atoms with Gasteiger partial charge in [0.15, 0.2) is 0 Å². The third-order valence-electron chi connectivity index (χ3n) is 4.45. The van der Waals surface area contributed by atoms with Crippen molar-refractivity contribution >= 4 is 50.5 Å². The number of rotatable bonds is 2. The molecule has 2 aromatic heterocycles. The number of thiophene rings is 1. The largest absolute Gasteiger partial charge is 0.336 e. The molecule has 0 radical (unpaired) electrons. The summed E-state index contributed by atoms with van der Waals surface area (Å²) >= 11 is 14.0. The van der Waals surface area contributed by atoms with E-state index in [-0.39, 0.29) is 11.9 Å². The van der Waals surface area contributed by atoms with Gasteiger partial charge >= 0.3 is 0 Å². The highest BCUT2D eigenvalue weighted by Gasteiger charge is 2.33. The maximum absolute atomic E-state index is 13.2. The van der Waals surface area contributed by atoms with E-state index in [0.29, 0.717) is 28.0 Å². The first-order chi connectivity index (χ1) is 12.1. The molecule has 1 fully saturated rings. The highest BCUT2D eigenvalue weighted by atomic mass is 35.5. The van der Waals surface area contributed by atoms with Gasteiger partial charge in [-0.25, -0.2) is 4.98 Å². The van der Waals surface area contributed by atoms with Crippen LogP contribution in [0, 0.1) is 0 Å². The number of halogens is 2. The van der Waals surface area contributed by atoms with E-state index in [9.17, 15) is 4.79 Å². The molecule has 1 amide bonds. The molecule has 1 atom stereocenters. The van der Waals surface area contributed by atoms with Crippen LogP contribution in [0.15, 0.2) is 30.6 Å². The first kappa shape index (κ1) is 16.8. The van der Waals surface area contributed by atoms with Crippen LogP contribution in [0.4, 0.5) is 0 Å². The summed E-state index contributed by atoms with van der Waals surface area (Å²) in [6, 6.07) is 5.38. The Balaban J connectivity index is 1.74. The van der Waals surface area contributed by atoms with Crippen LogP contribution in [0.2, 0.25) is 10.0 Å². The van der Waals surface area contributed by atoms with Crippen LogP contribution >= 0.6 is 34.5 Å². The molecular weight excluding hydrogens is 379 g/mol. The number of nitrogens with zero attached hydrogens (tertiary/aromatic N) is 3. The zero-order valence-corrected chi connectivity index (χ0v) is 15.8. The maximum atomic E-state index is 13.2. The van der Waals surface area contributed by atoms with Crippen molar-refractivity contribution in [2.45, 2.75) is 6.04 Å². The molecule has 0 aliphatic carbocycles. The number of aromatic nitrogens is 2. The van der Waals surface area contributed by atoms with Gasteiger partial charge < -0.3 is 14.8 Å². The Labute approximate surface area is 159 Å². The van der Waals surface area contributed by atoms with Crippen molar-refractivity contribution in [1.82, 2.24) is 19.8 Å². The van der Waals surface area contributed by atoms with Gasteiger partial charge in [0.25, 0.3) is 5.91 Å². The maximum Gasteiger partial charge on any atom is 0.266 e. The number of imidazole rings is 1. The smallest absolute Gasteiger partial charge is 0.266 e. The number of hydrogen-bond acceptors (Lipinski definition) is 4. The van der Waals surface area contributed by atoms with Crippen molar-refractivity contribution in [3.05, 3.63) is 51.3 Å². The minimum Gasteiger partial charge on any atom is -0.336 e. The van der Waals surface area contributed by atoms with Crippen molar-refractivity contribution in [3.8, 4) is 0 Å². The van der Waals surface area contributed by atoms with E-state index in [1.54, 1.807) is 12.3 Å². The van der Waals surface area contributed by atoms with Crippen LogP contribution in [-0.2, 0) is 7.05 Å². The van der Waals surface area contributed by atoms with Crippen molar-refractivity contribution in [3.63, 3.8) is 0 Å². The van der Waals surface area contributed by atoms with Crippen LogP contribution in [0.25, 0.3) is 10.1 Å². The Morgan fingerprint density at radius 3 is 3.00 bits per heavy atom. The van der Waals surface area contributed by atoms with Crippen LogP contribution in [0.5, 0.6) is 0 Å². The SMILES string of the molecule is Cn1ccnc1C1CNCCN1C(=O)c1sc2cc(Cl)ccc2c1Cl. The molecule has 1 aromatic carbocycles. The fraction of sp³-hybridized carbons (Fsp3) is 0.294. The van der Waals surface area contributed by atoms with Crippen LogP contribution in [-0.4, -0.2) is 40.0 Å². The lowest BCUT2D eigenvalue weighted by molar-refractivity contribution is 0.0626. The second-order valence-electron chi connectivity index (χ2n) is 6.00. The molecule has 4 rings (SSSR count). The lowest BCUT2D eigenvalue weighted by Crippen LogP contribution is -2.49. The standard InChI is InChI=1S/C17H16Cl2N4OS/c1-22-6-5-21-16(22)12-9-20-4-7-23(12)17(24)15-14(19)11-3-2-10(18)8-13(11)25-15/h2-3,5-6,8,12,20H,4,7,9H2,1H3. The monoisotopic (exact) mass is 394 g/mol. The number of nitrogens with one attached hydrogen (secondary N) is 1. The van der Waals surface area contributed by atoms with Gasteiger partial charge in [-0.3, -0.25) is 4.79 Å². The number of carbonyl (C=O) groups is 1. The zero-order chi connectivity index (χ0) is 17.6. The highest BCUT2D eigenvalue weighted by molar-refractivity contribution is 7.21. The molecule has 0 bridgehead atoms. The van der Waals surface area contributed by atoms with Gasteiger partial charge in [0.1, 0.15) is 16.7 Å². The summed E-state index contributed by atoms with van der Waals surface area (Å²) in [4.78, 5) is 20.1. The predicted octanol–water partition coefficient (Wildman–Crippen LogP) is 3.73. The fourth-order valence-electron chi connectivity index (χ4n) is 3.18. The number of hydrogen-bond donors (Lipinski definition) is 1. The summed E-state index contributed by atoms with van der Waals surface area (Å²) < 4.78 is 2.87. The second kappa shape index (κ2) is 6.61. The van der Waals surface area contributed by atoms with Gasteiger partial charge in [0.05, 0.1) is 5.02 Å². The van der Waals surface area contributed by atoms with Crippen molar-refractivity contribution in [2.75, 3.05) is 19.6 Å². The summed E-state index contributed by atoms with van der Waals surface area (Å²) in [5, 5.41) is 5.34. The van der Waals surface area contributed by atoms with Crippen LogP contribution in [0.3, 0.4) is 0 Å². The molecule has 1 unspecified atom stereocenters. The third-order valence-corrected chi connectivity index (χ3v) is 6.33. The molecule has 25 heavy (non-hydrogen) atoms. The van der Waals surface area contributed by atoms with Crippen molar-refractivity contribution in [1.29, 1.82) is 0 Å².